The summed E-state index contributed by atoms with van der Waals surface area (Å²) >= 11 is 1.39. The van der Waals surface area contributed by atoms with Crippen LogP contribution in [0.2, 0.25) is 0 Å². The van der Waals surface area contributed by atoms with Crippen LogP contribution >= 0.6 is 11.8 Å². The fourth-order valence-electron chi connectivity index (χ4n) is 2.34. The molecule has 0 atom stereocenters. The number of carbonyl (C=O) groups excluding carboxylic acids is 1. The summed E-state index contributed by atoms with van der Waals surface area (Å²) in [6, 6.07) is 8.14. The molecule has 0 aliphatic rings. The second kappa shape index (κ2) is 9.08. The Morgan fingerprint density at radius 2 is 2.00 bits per heavy atom. The first-order chi connectivity index (χ1) is 11.7. The molecule has 0 saturated heterocycles. The molecule has 126 valence electrons. The van der Waals surface area contributed by atoms with Crippen LogP contribution < -0.4 is 0 Å². The lowest BCUT2D eigenvalue weighted by molar-refractivity contribution is -0.127. The van der Waals surface area contributed by atoms with Gasteiger partial charge in [0, 0.05) is 13.1 Å². The zero-order valence-electron chi connectivity index (χ0n) is 13.9. The quantitative estimate of drug-likeness (QED) is 0.519. The van der Waals surface area contributed by atoms with Crippen LogP contribution in [0.1, 0.15) is 12.5 Å². The van der Waals surface area contributed by atoms with Crippen LogP contribution in [0.15, 0.2) is 61.1 Å². The van der Waals surface area contributed by atoms with Crippen molar-refractivity contribution in [2.75, 3.05) is 18.8 Å². The molecule has 5 nitrogen and oxygen atoms in total. The largest absolute Gasteiger partial charge is 0.335 e. The van der Waals surface area contributed by atoms with Crippen LogP contribution in [0.5, 0.6) is 0 Å². The van der Waals surface area contributed by atoms with Crippen molar-refractivity contribution in [1.82, 2.24) is 19.7 Å². The van der Waals surface area contributed by atoms with Crippen molar-refractivity contribution < 1.29 is 4.79 Å². The van der Waals surface area contributed by atoms with Crippen molar-refractivity contribution in [3.63, 3.8) is 0 Å². The average molecular weight is 342 g/mol. The van der Waals surface area contributed by atoms with Gasteiger partial charge in [0.05, 0.1) is 11.4 Å². The molecule has 0 unspecified atom stereocenters. The number of aryl methyl sites for hydroxylation is 1. The molecule has 0 radical (unpaired) electrons. The van der Waals surface area contributed by atoms with E-state index in [4.69, 9.17) is 0 Å². The van der Waals surface area contributed by atoms with E-state index in [0.29, 0.717) is 24.0 Å². The predicted molar refractivity (Wildman–Crippen MR) is 98.4 cm³/mol. The molecule has 0 aliphatic carbocycles. The highest BCUT2D eigenvalue weighted by Gasteiger charge is 2.15. The summed E-state index contributed by atoms with van der Waals surface area (Å²) in [6.07, 6.45) is 6.04. The number of para-hydroxylation sites is 1. The van der Waals surface area contributed by atoms with Crippen LogP contribution in [0.4, 0.5) is 0 Å². The van der Waals surface area contributed by atoms with E-state index in [1.54, 1.807) is 23.4 Å². The molecule has 0 N–H and O–H groups in total. The van der Waals surface area contributed by atoms with Gasteiger partial charge in [-0.15, -0.1) is 23.4 Å². The van der Waals surface area contributed by atoms with E-state index in [-0.39, 0.29) is 5.91 Å². The molecule has 0 aliphatic heterocycles. The lowest BCUT2D eigenvalue weighted by Gasteiger charge is -2.19. The first kappa shape index (κ1) is 18.0. The lowest BCUT2D eigenvalue weighted by atomic mass is 10.1. The second-order valence-corrected chi connectivity index (χ2v) is 6.07. The van der Waals surface area contributed by atoms with Crippen molar-refractivity contribution in [2.24, 2.45) is 0 Å². The van der Waals surface area contributed by atoms with Crippen molar-refractivity contribution in [3.8, 4) is 5.69 Å². The maximum absolute atomic E-state index is 12.3. The van der Waals surface area contributed by atoms with Gasteiger partial charge in [-0.05, 0) is 18.1 Å². The summed E-state index contributed by atoms with van der Waals surface area (Å²) in [5, 5.41) is 8.87. The summed E-state index contributed by atoms with van der Waals surface area (Å²) in [4.78, 5) is 14.0. The van der Waals surface area contributed by atoms with E-state index in [0.717, 1.165) is 12.1 Å². The highest BCUT2D eigenvalue weighted by molar-refractivity contribution is 7.99. The van der Waals surface area contributed by atoms with Crippen LogP contribution in [0.25, 0.3) is 5.69 Å². The van der Waals surface area contributed by atoms with Gasteiger partial charge in [-0.1, -0.05) is 49.0 Å². The molecular formula is C18H22N4OS. The van der Waals surface area contributed by atoms with Gasteiger partial charge in [0.2, 0.25) is 5.91 Å². The zero-order valence-corrected chi connectivity index (χ0v) is 14.7. The number of hydrogen-bond acceptors (Lipinski definition) is 4. The molecule has 1 amide bonds. The number of hydrogen-bond donors (Lipinski definition) is 0. The number of thioether (sulfide) groups is 1. The molecule has 0 fully saturated rings. The average Bonchev–Trinajstić information content (AvgIpc) is 3.07. The summed E-state index contributed by atoms with van der Waals surface area (Å²) in [7, 11) is 0. The molecule has 1 aromatic carbocycles. The van der Waals surface area contributed by atoms with Gasteiger partial charge in [-0.25, -0.2) is 0 Å². The Morgan fingerprint density at radius 1 is 1.29 bits per heavy atom. The van der Waals surface area contributed by atoms with Gasteiger partial charge in [0.15, 0.2) is 5.16 Å². The standard InChI is InChI=1S/C18H22N4OS/c1-4-11-21(12-5-2)17(23)13-24-18-20-19-14-22(18)16-10-8-7-9-15(16)6-3/h4-5,7-10,14H,1-2,6,11-13H2,3H3. The summed E-state index contributed by atoms with van der Waals surface area (Å²) < 4.78 is 1.93. The number of carbonyl (C=O) groups is 1. The molecular weight excluding hydrogens is 320 g/mol. The summed E-state index contributed by atoms with van der Waals surface area (Å²) in [5.41, 5.74) is 2.26. The van der Waals surface area contributed by atoms with Crippen molar-refractivity contribution >= 4 is 17.7 Å². The Balaban J connectivity index is 2.12. The molecule has 0 bridgehead atoms. The molecule has 1 heterocycles. The van der Waals surface area contributed by atoms with Gasteiger partial charge in [-0.3, -0.25) is 9.36 Å². The van der Waals surface area contributed by atoms with Crippen molar-refractivity contribution in [1.29, 1.82) is 0 Å². The van der Waals surface area contributed by atoms with Crippen LogP contribution in [-0.4, -0.2) is 44.4 Å². The number of amides is 1. The fourth-order valence-corrected chi connectivity index (χ4v) is 3.16. The van der Waals surface area contributed by atoms with Crippen LogP contribution in [0, 0.1) is 0 Å². The Kier molecular flexibility index (Phi) is 6.81. The van der Waals surface area contributed by atoms with E-state index in [9.17, 15) is 4.79 Å². The molecule has 0 spiro atoms. The smallest absolute Gasteiger partial charge is 0.233 e. The van der Waals surface area contributed by atoms with E-state index < -0.39 is 0 Å². The highest BCUT2D eigenvalue weighted by atomic mass is 32.2. The molecule has 2 rings (SSSR count). The second-order valence-electron chi connectivity index (χ2n) is 5.13. The summed E-state index contributed by atoms with van der Waals surface area (Å²) in [6.45, 7) is 10.5. The van der Waals surface area contributed by atoms with Gasteiger partial charge >= 0.3 is 0 Å². The van der Waals surface area contributed by atoms with Crippen molar-refractivity contribution in [3.05, 3.63) is 61.5 Å². The first-order valence-electron chi connectivity index (χ1n) is 7.81. The minimum absolute atomic E-state index is 0.0260. The number of benzene rings is 1. The van der Waals surface area contributed by atoms with E-state index >= 15 is 0 Å². The maximum atomic E-state index is 12.3. The maximum Gasteiger partial charge on any atom is 0.233 e. The summed E-state index contributed by atoms with van der Waals surface area (Å²) in [5.74, 6) is 0.326. The zero-order chi connectivity index (χ0) is 17.4. The SMILES string of the molecule is C=CCN(CC=C)C(=O)CSc1nncn1-c1ccccc1CC. The third kappa shape index (κ3) is 4.35. The highest BCUT2D eigenvalue weighted by Crippen LogP contribution is 2.22. The number of aromatic nitrogens is 3. The minimum Gasteiger partial charge on any atom is -0.335 e. The molecule has 1 aromatic heterocycles. The molecule has 6 heteroatoms. The van der Waals surface area contributed by atoms with Gasteiger partial charge in [-0.2, -0.15) is 0 Å². The molecule has 2 aromatic rings. The third-order valence-electron chi connectivity index (χ3n) is 3.52. The van der Waals surface area contributed by atoms with E-state index in [1.165, 1.54) is 17.3 Å². The number of nitrogens with zero attached hydrogens (tertiary/aromatic N) is 4. The minimum atomic E-state index is 0.0260. The van der Waals surface area contributed by atoms with Gasteiger partial charge in [0.25, 0.3) is 0 Å². The fraction of sp³-hybridized carbons (Fsp3) is 0.278. The Labute approximate surface area is 147 Å². The molecule has 0 saturated carbocycles. The molecule has 24 heavy (non-hydrogen) atoms. The Morgan fingerprint density at radius 3 is 2.67 bits per heavy atom. The van der Waals surface area contributed by atoms with Crippen LogP contribution in [0.3, 0.4) is 0 Å². The topological polar surface area (TPSA) is 51.0 Å². The predicted octanol–water partition coefficient (Wildman–Crippen LogP) is 3.12. The van der Waals surface area contributed by atoms with E-state index in [1.807, 2.05) is 22.8 Å². The van der Waals surface area contributed by atoms with Crippen LogP contribution in [-0.2, 0) is 11.2 Å². The lowest BCUT2D eigenvalue weighted by Crippen LogP contribution is -2.32. The van der Waals surface area contributed by atoms with Crippen molar-refractivity contribution in [2.45, 2.75) is 18.5 Å². The first-order valence-corrected chi connectivity index (χ1v) is 8.80. The Hall–Kier alpha value is -2.34. The monoisotopic (exact) mass is 342 g/mol. The van der Waals surface area contributed by atoms with E-state index in [2.05, 4.69) is 36.3 Å². The normalized spacial score (nSPS) is 10.4. The third-order valence-corrected chi connectivity index (χ3v) is 4.45. The Bertz CT molecular complexity index is 701. The van der Waals surface area contributed by atoms with Gasteiger partial charge in [0.1, 0.15) is 6.33 Å². The van der Waals surface area contributed by atoms with Gasteiger partial charge < -0.3 is 4.90 Å². The number of rotatable bonds is 9.